The molecule has 0 aromatic heterocycles. The molecule has 1 fully saturated rings. The molecule has 27 heavy (non-hydrogen) atoms. The molecule has 3 rings (SSSR count). The van der Waals surface area contributed by atoms with Crippen LogP contribution in [0.1, 0.15) is 27.0 Å². The van der Waals surface area contributed by atoms with Gasteiger partial charge in [0.05, 0.1) is 12.1 Å². The molecule has 1 aliphatic heterocycles. The number of aryl methyl sites for hydroxylation is 1. The van der Waals surface area contributed by atoms with Crippen LogP contribution in [0.25, 0.3) is 0 Å². The van der Waals surface area contributed by atoms with Crippen molar-refractivity contribution >= 4 is 28.5 Å². The van der Waals surface area contributed by atoms with Crippen molar-refractivity contribution in [1.82, 2.24) is 9.03 Å². The Morgan fingerprint density at radius 3 is 2.52 bits per heavy atom. The second-order valence-electron chi connectivity index (χ2n) is 6.33. The molecule has 0 bridgehead atoms. The Morgan fingerprint density at radius 1 is 1.26 bits per heavy atom. The quantitative estimate of drug-likeness (QED) is 0.559. The van der Waals surface area contributed by atoms with E-state index in [0.717, 1.165) is 16.7 Å². The van der Waals surface area contributed by atoms with Crippen molar-refractivity contribution < 1.29 is 23.7 Å². The van der Waals surface area contributed by atoms with Crippen LogP contribution in [0.3, 0.4) is 0 Å². The zero-order chi connectivity index (χ0) is 19.6. The van der Waals surface area contributed by atoms with Crippen LogP contribution in [0.4, 0.5) is 0 Å². The fourth-order valence-electron chi connectivity index (χ4n) is 2.65. The Balaban J connectivity index is 1.58. The van der Waals surface area contributed by atoms with Crippen molar-refractivity contribution in [3.63, 3.8) is 0 Å². The maximum Gasteiger partial charge on any atom is 0.338 e. The van der Waals surface area contributed by atoms with Gasteiger partial charge in [-0.25, -0.2) is 4.79 Å². The summed E-state index contributed by atoms with van der Waals surface area (Å²) in [7, 11) is -3.18. The molecule has 0 spiro atoms. The van der Waals surface area contributed by atoms with Gasteiger partial charge in [0.1, 0.15) is 12.8 Å². The number of rotatable bonds is 5. The molecule has 9 heteroatoms. The second kappa shape index (κ2) is 8.15. The summed E-state index contributed by atoms with van der Waals surface area (Å²) < 4.78 is 28.7. The number of aliphatic hydroxyl groups excluding tert-OH is 1. The molecule has 1 saturated heterocycles. The molecule has 0 radical (unpaired) electrons. The van der Waals surface area contributed by atoms with Crippen molar-refractivity contribution in [2.45, 2.75) is 26.3 Å². The molecule has 1 unspecified atom stereocenters. The number of halogens is 1. The summed E-state index contributed by atoms with van der Waals surface area (Å²) in [6.07, 6.45) is -0.987. The predicted octanol–water partition coefficient (Wildman–Crippen LogP) is 3.31. The Morgan fingerprint density at radius 2 is 1.93 bits per heavy atom. The maximum absolute atomic E-state index is 12.2. The van der Waals surface area contributed by atoms with Crippen molar-refractivity contribution in [3.05, 3.63) is 69.7 Å². The van der Waals surface area contributed by atoms with Crippen LogP contribution in [0.5, 0.6) is 0 Å². The minimum Gasteiger partial charge on any atom is -0.457 e. The fraction of sp³-hybridized carbons (Fsp3) is 0.278. The molecule has 1 heterocycles. The lowest BCUT2D eigenvalue weighted by Gasteiger charge is -2.35. The van der Waals surface area contributed by atoms with Gasteiger partial charge >= 0.3 is 5.97 Å². The van der Waals surface area contributed by atoms with Gasteiger partial charge < -0.3 is 9.84 Å². The Bertz CT molecular complexity index is 831. The van der Waals surface area contributed by atoms with Gasteiger partial charge in [0, 0.05) is 11.6 Å². The van der Waals surface area contributed by atoms with Gasteiger partial charge in [0.2, 0.25) is 0 Å². The summed E-state index contributed by atoms with van der Waals surface area (Å²) in [5.41, 5.74) is 2.93. The number of nitrogens with one attached hydrogen (secondary N) is 1. The monoisotopic (exact) mass is 412 g/mol. The number of benzene rings is 2. The summed E-state index contributed by atoms with van der Waals surface area (Å²) in [6.45, 7) is 2.35. The lowest BCUT2D eigenvalue weighted by molar-refractivity contribution is 0.0472. The van der Waals surface area contributed by atoms with E-state index < -0.39 is 23.2 Å². The van der Waals surface area contributed by atoms with Gasteiger partial charge in [0.25, 0.3) is 0 Å². The molecule has 0 saturated carbocycles. The van der Waals surface area contributed by atoms with E-state index in [1.165, 1.54) is 4.31 Å². The molecule has 7 nitrogen and oxygen atoms in total. The Hall–Kier alpha value is -1.65. The summed E-state index contributed by atoms with van der Waals surface area (Å²) in [6, 6.07) is 12.1. The van der Waals surface area contributed by atoms with Crippen molar-refractivity contribution in [3.8, 4) is 0 Å². The molecular weight excluding hydrogens is 392 g/mol. The normalized spacial score (nSPS) is 20.4. The zero-order valence-corrected chi connectivity index (χ0v) is 16.2. The van der Waals surface area contributed by atoms with Crippen molar-refractivity contribution in [2.75, 3.05) is 6.54 Å². The Labute approximate surface area is 164 Å². The van der Waals surface area contributed by atoms with Gasteiger partial charge in [-0.2, -0.15) is 9.03 Å². The first-order valence-corrected chi connectivity index (χ1v) is 10.1. The third-order valence-corrected chi connectivity index (χ3v) is 6.18. The first kappa shape index (κ1) is 20.1. The van der Waals surface area contributed by atoms with E-state index in [1.807, 2.05) is 19.1 Å². The van der Waals surface area contributed by atoms with Crippen molar-refractivity contribution in [1.29, 1.82) is 0 Å². The van der Waals surface area contributed by atoms with Gasteiger partial charge in [-0.3, -0.25) is 9.11 Å². The van der Waals surface area contributed by atoms with Gasteiger partial charge in [0.15, 0.2) is 0 Å². The number of β-amino-alcohol motifs (C(OH)–C–C–N with tert-alkyl or cyclic N) is 1. The van der Waals surface area contributed by atoms with Crippen LogP contribution in [-0.2, 0) is 17.9 Å². The smallest absolute Gasteiger partial charge is 0.338 e. The van der Waals surface area contributed by atoms with Crippen molar-refractivity contribution in [2.24, 2.45) is 0 Å². The molecule has 0 aliphatic carbocycles. The topological polar surface area (TPSA) is 102 Å². The third kappa shape index (κ3) is 4.99. The molecule has 1 atom stereocenters. The first-order valence-electron chi connectivity index (χ1n) is 8.24. The minimum atomic E-state index is -3.18. The molecule has 4 N–H and O–H groups in total. The van der Waals surface area contributed by atoms with Crippen LogP contribution in [0.2, 0.25) is 5.02 Å². The highest BCUT2D eigenvalue weighted by atomic mass is 35.5. The van der Waals surface area contributed by atoms with E-state index in [4.69, 9.17) is 16.3 Å². The maximum atomic E-state index is 12.2. The van der Waals surface area contributed by atoms with Crippen LogP contribution in [0.15, 0.2) is 42.5 Å². The number of nitrogens with zero attached hydrogens (tertiary/aromatic N) is 1. The number of carbonyl (C=O) groups excluding carboxylic acids is 1. The van der Waals surface area contributed by atoms with Crippen LogP contribution < -0.4 is 4.72 Å². The molecule has 2 aromatic carbocycles. The van der Waals surface area contributed by atoms with Crippen LogP contribution in [-0.4, -0.2) is 37.3 Å². The summed E-state index contributed by atoms with van der Waals surface area (Å²) >= 11 is 6.06. The highest BCUT2D eigenvalue weighted by molar-refractivity contribution is 8.20. The number of hydrogen-bond acceptors (Lipinski definition) is 7. The summed E-state index contributed by atoms with van der Waals surface area (Å²) in [5.74, 6) is -0.458. The van der Waals surface area contributed by atoms with E-state index in [0.29, 0.717) is 10.6 Å². The SMILES string of the molecule is Cc1ccc(COC(=O)c2ccc(CN3CC(O)NS3(O)O)cc2)cc1Cl. The molecule has 146 valence electrons. The highest BCUT2D eigenvalue weighted by Gasteiger charge is 2.34. The zero-order valence-electron chi connectivity index (χ0n) is 14.6. The van der Waals surface area contributed by atoms with Gasteiger partial charge in [-0.05, 0) is 41.8 Å². The lowest BCUT2D eigenvalue weighted by Crippen LogP contribution is -2.25. The number of aliphatic hydroxyl groups is 1. The number of hydrogen-bond donors (Lipinski definition) is 4. The highest BCUT2D eigenvalue weighted by Crippen LogP contribution is 2.44. The van der Waals surface area contributed by atoms with E-state index >= 15 is 0 Å². The number of ether oxygens (including phenoxy) is 1. The lowest BCUT2D eigenvalue weighted by atomic mass is 10.1. The minimum absolute atomic E-state index is 0.102. The standard InChI is InChI=1S/C18H21ClN2O5S/c1-12-2-3-14(8-16(12)19)11-26-18(23)15-6-4-13(5-7-15)9-21-10-17(22)20-27(21,24)25/h2-8,17,20,22,24-25H,9-11H2,1H3. The average Bonchev–Trinajstić information content (AvgIpc) is 2.87. The van der Waals surface area contributed by atoms with E-state index in [1.54, 1.807) is 30.3 Å². The van der Waals surface area contributed by atoms with Gasteiger partial charge in [-0.15, -0.1) is 0 Å². The molecule has 2 aromatic rings. The molecule has 0 amide bonds. The van der Waals surface area contributed by atoms with E-state index in [9.17, 15) is 19.0 Å². The third-order valence-electron chi connectivity index (χ3n) is 4.19. The summed E-state index contributed by atoms with van der Waals surface area (Å²) in [5, 5.41) is 10.1. The van der Waals surface area contributed by atoms with E-state index in [2.05, 4.69) is 4.72 Å². The largest absolute Gasteiger partial charge is 0.457 e. The first-order chi connectivity index (χ1) is 12.7. The number of esters is 1. The number of carbonyl (C=O) groups is 1. The summed E-state index contributed by atoms with van der Waals surface area (Å²) in [4.78, 5) is 12.2. The average molecular weight is 413 g/mol. The van der Waals surface area contributed by atoms with Gasteiger partial charge in [-0.1, -0.05) is 46.8 Å². The second-order valence-corrected chi connectivity index (χ2v) is 8.53. The van der Waals surface area contributed by atoms with Crippen LogP contribution in [0, 0.1) is 6.92 Å². The van der Waals surface area contributed by atoms with E-state index in [-0.39, 0.29) is 19.7 Å². The molecule has 1 aliphatic rings. The fourth-order valence-corrected chi connectivity index (χ4v) is 4.12. The predicted molar refractivity (Wildman–Crippen MR) is 104 cm³/mol. The van der Waals surface area contributed by atoms with Crippen LogP contribution >= 0.6 is 22.6 Å². The molecular formula is C18H21ClN2O5S. The Kier molecular flexibility index (Phi) is 6.07.